The van der Waals surface area contributed by atoms with E-state index in [2.05, 4.69) is 25.8 Å². The van der Waals surface area contributed by atoms with Crippen molar-refractivity contribution < 1.29 is 9.18 Å². The summed E-state index contributed by atoms with van der Waals surface area (Å²) in [6.07, 6.45) is 2.00. The van der Waals surface area contributed by atoms with Crippen molar-refractivity contribution >= 4 is 16.9 Å². The first kappa shape index (κ1) is 23.8. The third-order valence-corrected chi connectivity index (χ3v) is 6.25. The third-order valence-electron chi connectivity index (χ3n) is 6.25. The average molecular weight is 437 g/mol. The quantitative estimate of drug-likeness (QED) is 0.287. The van der Waals surface area contributed by atoms with E-state index in [1.54, 1.807) is 19.1 Å². The highest BCUT2D eigenvalue weighted by Crippen LogP contribution is 2.29. The Hall–Kier alpha value is -2.86. The van der Waals surface area contributed by atoms with E-state index >= 15 is 4.39 Å². The van der Waals surface area contributed by atoms with Crippen LogP contribution in [0.25, 0.3) is 22.3 Å². The second-order valence-corrected chi connectivity index (χ2v) is 9.17. The zero-order valence-corrected chi connectivity index (χ0v) is 19.8. The number of hydrazine groups is 1. The van der Waals surface area contributed by atoms with Crippen LogP contribution in [0.1, 0.15) is 62.2 Å². The zero-order valence-electron chi connectivity index (χ0n) is 19.8. The monoisotopic (exact) mass is 436 g/mol. The molecule has 0 aliphatic heterocycles. The number of benzene rings is 2. The highest BCUT2D eigenvalue weighted by Gasteiger charge is 2.27. The number of hydrogen-bond donors (Lipinski definition) is 1. The van der Waals surface area contributed by atoms with Gasteiger partial charge in [0, 0.05) is 11.6 Å². The summed E-state index contributed by atoms with van der Waals surface area (Å²) in [5, 5.41) is 1.16. The second-order valence-electron chi connectivity index (χ2n) is 9.17. The summed E-state index contributed by atoms with van der Waals surface area (Å²) >= 11 is 0. The molecule has 1 amide bonds. The molecular formula is C26H33FN4O. The van der Waals surface area contributed by atoms with Gasteiger partial charge in [-0.25, -0.2) is 20.2 Å². The van der Waals surface area contributed by atoms with Crippen LogP contribution in [-0.2, 0) is 0 Å². The molecule has 0 radical (unpaired) electrons. The van der Waals surface area contributed by atoms with E-state index in [0.717, 1.165) is 34.4 Å². The topological polar surface area (TPSA) is 72.1 Å². The molecular weight excluding hydrogens is 403 g/mol. The van der Waals surface area contributed by atoms with Gasteiger partial charge in [-0.2, -0.15) is 0 Å². The fraction of sp³-hybridized carbons (Fsp3) is 0.423. The maximum Gasteiger partial charge on any atom is 0.271 e. The largest absolute Gasteiger partial charge is 0.273 e. The standard InChI is InChI=1S/C26H33FN4O/c1-15(2)13-14-16(3)19(6)31(28)26(32)21-11-8-10-20(23(21)27)25-18(5)29-22-12-7-9-17(4)24(22)30-25/h7-12,15-16,19H,13-14,28H2,1-6H3. The number of nitrogens with zero attached hydrogens (tertiary/aromatic N) is 3. The molecule has 2 atom stereocenters. The first-order valence-corrected chi connectivity index (χ1v) is 11.2. The van der Waals surface area contributed by atoms with Gasteiger partial charge in [-0.05, 0) is 62.8 Å². The molecule has 32 heavy (non-hydrogen) atoms. The number of amides is 1. The van der Waals surface area contributed by atoms with Gasteiger partial charge in [-0.3, -0.25) is 9.80 Å². The Kier molecular flexibility index (Phi) is 7.24. The number of hydrogen-bond acceptors (Lipinski definition) is 4. The number of halogens is 1. The lowest BCUT2D eigenvalue weighted by molar-refractivity contribution is 0.0624. The Morgan fingerprint density at radius 1 is 1.03 bits per heavy atom. The number of carbonyl (C=O) groups is 1. The van der Waals surface area contributed by atoms with Crippen molar-refractivity contribution in [2.24, 2.45) is 17.7 Å². The fourth-order valence-corrected chi connectivity index (χ4v) is 3.88. The van der Waals surface area contributed by atoms with Crippen LogP contribution < -0.4 is 5.84 Å². The zero-order chi connectivity index (χ0) is 23.6. The third kappa shape index (κ3) is 4.80. The Morgan fingerprint density at radius 2 is 1.72 bits per heavy atom. The van der Waals surface area contributed by atoms with Crippen LogP contribution in [-0.4, -0.2) is 26.9 Å². The van der Waals surface area contributed by atoms with Gasteiger partial charge in [0.1, 0.15) is 5.82 Å². The number of carbonyl (C=O) groups excluding carboxylic acids is 1. The summed E-state index contributed by atoms with van der Waals surface area (Å²) in [4.78, 5) is 22.4. The van der Waals surface area contributed by atoms with Crippen molar-refractivity contribution in [1.29, 1.82) is 0 Å². The number of nitrogens with two attached hydrogens (primary N) is 1. The van der Waals surface area contributed by atoms with Gasteiger partial charge in [0.25, 0.3) is 5.91 Å². The molecule has 0 fully saturated rings. The van der Waals surface area contributed by atoms with E-state index < -0.39 is 11.7 Å². The highest BCUT2D eigenvalue weighted by molar-refractivity contribution is 5.96. The Bertz CT molecular complexity index is 1130. The molecule has 2 N–H and O–H groups in total. The summed E-state index contributed by atoms with van der Waals surface area (Å²) in [5.41, 5.74) is 3.67. The SMILES string of the molecule is Cc1nc2cccc(C)c2nc1-c1cccc(C(=O)N(N)C(C)C(C)CCC(C)C)c1F. The summed E-state index contributed by atoms with van der Waals surface area (Å²) in [7, 11) is 0. The molecule has 170 valence electrons. The average Bonchev–Trinajstić information content (AvgIpc) is 2.76. The Labute approximate surface area is 189 Å². The predicted molar refractivity (Wildman–Crippen MR) is 127 cm³/mol. The predicted octanol–water partition coefficient (Wildman–Crippen LogP) is 5.83. The number of aryl methyl sites for hydroxylation is 2. The van der Waals surface area contributed by atoms with Crippen molar-refractivity contribution in [3.63, 3.8) is 0 Å². The number of fused-ring (bicyclic) bond motifs is 1. The van der Waals surface area contributed by atoms with Gasteiger partial charge < -0.3 is 0 Å². The maximum atomic E-state index is 15.6. The van der Waals surface area contributed by atoms with Gasteiger partial charge >= 0.3 is 0 Å². The van der Waals surface area contributed by atoms with Crippen LogP contribution >= 0.6 is 0 Å². The maximum absolute atomic E-state index is 15.6. The summed E-state index contributed by atoms with van der Waals surface area (Å²) < 4.78 is 15.6. The molecule has 6 heteroatoms. The van der Waals surface area contributed by atoms with Gasteiger partial charge in [0.05, 0.1) is 28.0 Å². The van der Waals surface area contributed by atoms with E-state index in [4.69, 9.17) is 10.8 Å². The van der Waals surface area contributed by atoms with Gasteiger partial charge in [0.15, 0.2) is 0 Å². The van der Waals surface area contributed by atoms with Gasteiger partial charge in [0.2, 0.25) is 0 Å². The van der Waals surface area contributed by atoms with E-state index in [-0.39, 0.29) is 23.1 Å². The molecule has 1 heterocycles. The minimum atomic E-state index is -0.625. The first-order chi connectivity index (χ1) is 15.1. The van der Waals surface area contributed by atoms with Crippen LogP contribution in [0.5, 0.6) is 0 Å². The van der Waals surface area contributed by atoms with Crippen LogP contribution in [0.2, 0.25) is 0 Å². The lowest BCUT2D eigenvalue weighted by Crippen LogP contribution is -2.47. The Balaban J connectivity index is 1.95. The summed E-state index contributed by atoms with van der Waals surface area (Å²) in [6.45, 7) is 12.1. The molecule has 2 aromatic carbocycles. The molecule has 3 rings (SSSR count). The molecule has 2 unspecified atom stereocenters. The van der Waals surface area contributed by atoms with Crippen molar-refractivity contribution in [1.82, 2.24) is 15.0 Å². The van der Waals surface area contributed by atoms with Crippen molar-refractivity contribution in [3.05, 3.63) is 59.0 Å². The van der Waals surface area contributed by atoms with Gasteiger partial charge in [-0.1, -0.05) is 45.4 Å². The molecule has 0 bridgehead atoms. The molecule has 0 spiro atoms. The van der Waals surface area contributed by atoms with E-state index in [0.29, 0.717) is 17.3 Å². The normalized spacial score (nSPS) is 13.4. The summed E-state index contributed by atoms with van der Waals surface area (Å²) in [6, 6.07) is 10.3. The fourth-order valence-electron chi connectivity index (χ4n) is 3.88. The molecule has 5 nitrogen and oxygen atoms in total. The first-order valence-electron chi connectivity index (χ1n) is 11.2. The van der Waals surface area contributed by atoms with E-state index in [1.165, 1.54) is 6.07 Å². The van der Waals surface area contributed by atoms with E-state index in [9.17, 15) is 4.79 Å². The highest BCUT2D eigenvalue weighted by atomic mass is 19.1. The number of para-hydroxylation sites is 1. The van der Waals surface area contributed by atoms with Crippen LogP contribution in [0.4, 0.5) is 4.39 Å². The Morgan fingerprint density at radius 3 is 2.41 bits per heavy atom. The van der Waals surface area contributed by atoms with Crippen LogP contribution in [0.3, 0.4) is 0 Å². The minimum absolute atomic E-state index is 0.0565. The number of rotatable bonds is 7. The molecule has 0 saturated heterocycles. The van der Waals surface area contributed by atoms with Crippen LogP contribution in [0, 0.1) is 31.5 Å². The lowest BCUT2D eigenvalue weighted by Gasteiger charge is -2.30. The van der Waals surface area contributed by atoms with E-state index in [1.807, 2.05) is 32.0 Å². The van der Waals surface area contributed by atoms with Crippen molar-refractivity contribution in [2.45, 2.75) is 60.4 Å². The minimum Gasteiger partial charge on any atom is -0.273 e. The van der Waals surface area contributed by atoms with Gasteiger partial charge in [-0.15, -0.1) is 0 Å². The van der Waals surface area contributed by atoms with Crippen molar-refractivity contribution in [2.75, 3.05) is 0 Å². The summed E-state index contributed by atoms with van der Waals surface area (Å²) in [5.74, 6) is 5.80. The molecule has 3 aromatic rings. The smallest absolute Gasteiger partial charge is 0.271 e. The molecule has 0 aliphatic rings. The lowest BCUT2D eigenvalue weighted by atomic mass is 9.93. The molecule has 0 aliphatic carbocycles. The van der Waals surface area contributed by atoms with Crippen LogP contribution in [0.15, 0.2) is 36.4 Å². The molecule has 1 aromatic heterocycles. The number of aromatic nitrogens is 2. The molecule has 0 saturated carbocycles. The van der Waals surface area contributed by atoms with Crippen molar-refractivity contribution in [3.8, 4) is 11.3 Å². The second kappa shape index (κ2) is 9.74.